The number of aromatic nitrogens is 1. The first-order valence-corrected chi connectivity index (χ1v) is 7.10. The molecular weight excluding hydrogens is 350 g/mol. The molecule has 0 bridgehead atoms. The molecule has 3 rings (SSSR count). The number of amides is 1. The van der Waals surface area contributed by atoms with Gasteiger partial charge in [-0.1, -0.05) is 28.1 Å². The molecule has 6 nitrogen and oxygen atoms in total. The van der Waals surface area contributed by atoms with Crippen LogP contribution in [0.4, 0.5) is 5.69 Å². The standard InChI is InChI=1S/C15H10BrN3O3/c16-8-5-6-9-11(7-8)17-15(22)13(9)18-19-14(21)10-3-1-2-4-12(10)20/h1-7,17,20,22H. The van der Waals surface area contributed by atoms with Crippen LogP contribution in [0.1, 0.15) is 10.4 Å². The van der Waals surface area contributed by atoms with Crippen LogP contribution in [0.15, 0.2) is 57.2 Å². The maximum absolute atomic E-state index is 11.9. The molecule has 0 fully saturated rings. The molecule has 22 heavy (non-hydrogen) atoms. The smallest absolute Gasteiger partial charge is 0.299 e. The van der Waals surface area contributed by atoms with E-state index in [-0.39, 0.29) is 22.9 Å². The van der Waals surface area contributed by atoms with Crippen molar-refractivity contribution in [1.82, 2.24) is 4.98 Å². The molecule has 0 atom stereocenters. The summed E-state index contributed by atoms with van der Waals surface area (Å²) in [5.41, 5.74) is 0.885. The average molecular weight is 360 g/mol. The lowest BCUT2D eigenvalue weighted by atomic mass is 10.2. The Balaban J connectivity index is 1.98. The number of halogens is 1. The molecule has 7 heteroatoms. The summed E-state index contributed by atoms with van der Waals surface area (Å²) in [5.74, 6) is -1.04. The molecule has 0 radical (unpaired) electrons. The summed E-state index contributed by atoms with van der Waals surface area (Å²) in [6.07, 6.45) is 0. The third kappa shape index (κ3) is 2.58. The third-order valence-electron chi connectivity index (χ3n) is 3.09. The third-order valence-corrected chi connectivity index (χ3v) is 3.58. The van der Waals surface area contributed by atoms with E-state index in [9.17, 15) is 15.0 Å². The number of benzene rings is 2. The zero-order valence-corrected chi connectivity index (χ0v) is 12.7. The molecule has 0 saturated carbocycles. The highest BCUT2D eigenvalue weighted by Gasteiger charge is 2.13. The molecule has 110 valence electrons. The van der Waals surface area contributed by atoms with E-state index in [0.717, 1.165) is 4.47 Å². The molecule has 0 aliphatic carbocycles. The fourth-order valence-electron chi connectivity index (χ4n) is 2.05. The van der Waals surface area contributed by atoms with Crippen molar-refractivity contribution in [3.05, 3.63) is 52.5 Å². The zero-order valence-electron chi connectivity index (χ0n) is 11.1. The lowest BCUT2D eigenvalue weighted by molar-refractivity contribution is 0.0992. The Labute approximate surface area is 133 Å². The quantitative estimate of drug-likeness (QED) is 0.596. The molecular formula is C15H10BrN3O3. The second kappa shape index (κ2) is 5.61. The summed E-state index contributed by atoms with van der Waals surface area (Å²) in [5, 5.41) is 27.5. The molecule has 0 unspecified atom stereocenters. The van der Waals surface area contributed by atoms with Crippen LogP contribution >= 0.6 is 15.9 Å². The molecule has 0 aliphatic rings. The van der Waals surface area contributed by atoms with Gasteiger partial charge in [0.2, 0.25) is 5.88 Å². The number of nitrogens with one attached hydrogen (secondary N) is 1. The van der Waals surface area contributed by atoms with Gasteiger partial charge in [-0.25, -0.2) is 0 Å². The highest BCUT2D eigenvalue weighted by Crippen LogP contribution is 2.36. The number of H-pyrrole nitrogens is 1. The molecule has 3 aromatic rings. The van der Waals surface area contributed by atoms with E-state index in [4.69, 9.17) is 0 Å². The van der Waals surface area contributed by atoms with Crippen molar-refractivity contribution < 1.29 is 15.0 Å². The fourth-order valence-corrected chi connectivity index (χ4v) is 2.41. The number of aromatic amines is 1. The predicted octanol–water partition coefficient (Wildman–Crippen LogP) is 4.27. The van der Waals surface area contributed by atoms with E-state index in [1.165, 1.54) is 12.1 Å². The summed E-state index contributed by atoms with van der Waals surface area (Å²) in [4.78, 5) is 14.7. The van der Waals surface area contributed by atoms with Crippen LogP contribution in [0.2, 0.25) is 0 Å². The lowest BCUT2D eigenvalue weighted by Gasteiger charge is -1.97. The molecule has 1 amide bonds. The predicted molar refractivity (Wildman–Crippen MR) is 84.6 cm³/mol. The van der Waals surface area contributed by atoms with Gasteiger partial charge in [-0.15, -0.1) is 10.2 Å². The Morgan fingerprint density at radius 1 is 1.14 bits per heavy atom. The zero-order chi connectivity index (χ0) is 15.7. The highest BCUT2D eigenvalue weighted by atomic mass is 79.9. The van der Waals surface area contributed by atoms with Gasteiger partial charge < -0.3 is 15.2 Å². The van der Waals surface area contributed by atoms with Crippen molar-refractivity contribution in [3.8, 4) is 11.6 Å². The van der Waals surface area contributed by atoms with E-state index in [2.05, 4.69) is 31.1 Å². The SMILES string of the molecule is O=C(N=Nc1c(O)[nH]c2cc(Br)ccc12)c1ccccc1O. The van der Waals surface area contributed by atoms with Crippen molar-refractivity contribution >= 4 is 38.4 Å². The highest BCUT2D eigenvalue weighted by molar-refractivity contribution is 9.10. The lowest BCUT2D eigenvalue weighted by Crippen LogP contribution is -1.93. The number of hydrogen-bond acceptors (Lipinski definition) is 4. The Kier molecular flexibility index (Phi) is 3.64. The monoisotopic (exact) mass is 359 g/mol. The number of carbonyl (C=O) groups is 1. The number of para-hydroxylation sites is 1. The van der Waals surface area contributed by atoms with Crippen molar-refractivity contribution in [2.24, 2.45) is 10.2 Å². The minimum absolute atomic E-state index is 0.0494. The Morgan fingerprint density at radius 2 is 1.91 bits per heavy atom. The van der Waals surface area contributed by atoms with Gasteiger partial charge in [-0.3, -0.25) is 4.79 Å². The summed E-state index contributed by atoms with van der Waals surface area (Å²) >= 11 is 3.33. The molecule has 1 heterocycles. The first kappa shape index (κ1) is 14.3. The van der Waals surface area contributed by atoms with Crippen molar-refractivity contribution in [1.29, 1.82) is 0 Å². The Hall–Kier alpha value is -2.67. The Morgan fingerprint density at radius 3 is 2.68 bits per heavy atom. The second-order valence-electron chi connectivity index (χ2n) is 4.53. The maximum atomic E-state index is 11.9. The van der Waals surface area contributed by atoms with Gasteiger partial charge in [0.15, 0.2) is 5.69 Å². The fraction of sp³-hybridized carbons (Fsp3) is 0. The number of azo groups is 1. The van der Waals surface area contributed by atoms with E-state index in [0.29, 0.717) is 10.9 Å². The number of aromatic hydroxyl groups is 2. The van der Waals surface area contributed by atoms with Gasteiger partial charge in [0.05, 0.1) is 11.1 Å². The van der Waals surface area contributed by atoms with Crippen LogP contribution in [0.3, 0.4) is 0 Å². The number of phenols is 1. The van der Waals surface area contributed by atoms with E-state index in [1.54, 1.807) is 30.3 Å². The number of fused-ring (bicyclic) bond motifs is 1. The minimum atomic E-state index is -0.691. The molecule has 3 N–H and O–H groups in total. The number of nitrogens with zero attached hydrogens (tertiary/aromatic N) is 2. The van der Waals surface area contributed by atoms with Crippen molar-refractivity contribution in [2.45, 2.75) is 0 Å². The van der Waals surface area contributed by atoms with Gasteiger partial charge >= 0.3 is 0 Å². The van der Waals surface area contributed by atoms with Gasteiger partial charge in [0.25, 0.3) is 5.91 Å². The van der Waals surface area contributed by atoms with E-state index < -0.39 is 5.91 Å². The normalized spacial score (nSPS) is 11.3. The van der Waals surface area contributed by atoms with Gasteiger partial charge in [-0.2, -0.15) is 0 Å². The Bertz CT molecular complexity index is 902. The first-order chi connectivity index (χ1) is 10.6. The summed E-state index contributed by atoms with van der Waals surface area (Å²) in [7, 11) is 0. The van der Waals surface area contributed by atoms with Crippen LogP contribution in [0.5, 0.6) is 11.6 Å². The summed E-state index contributed by atoms with van der Waals surface area (Å²) < 4.78 is 0.843. The van der Waals surface area contributed by atoms with Crippen LogP contribution < -0.4 is 0 Å². The van der Waals surface area contributed by atoms with Crippen molar-refractivity contribution in [2.75, 3.05) is 0 Å². The largest absolute Gasteiger partial charge is 0.507 e. The summed E-state index contributed by atoms with van der Waals surface area (Å²) in [6, 6.07) is 11.4. The average Bonchev–Trinajstić information content (AvgIpc) is 2.79. The molecule has 0 aliphatic heterocycles. The van der Waals surface area contributed by atoms with Gasteiger partial charge in [-0.05, 0) is 30.3 Å². The first-order valence-electron chi connectivity index (χ1n) is 6.30. The molecule has 1 aromatic heterocycles. The molecule has 0 saturated heterocycles. The van der Waals surface area contributed by atoms with Crippen LogP contribution in [-0.2, 0) is 0 Å². The molecule has 2 aromatic carbocycles. The van der Waals surface area contributed by atoms with Gasteiger partial charge in [0, 0.05) is 9.86 Å². The van der Waals surface area contributed by atoms with E-state index in [1.807, 2.05) is 0 Å². The number of phenolic OH excluding ortho intramolecular Hbond substituents is 1. The van der Waals surface area contributed by atoms with Crippen LogP contribution in [-0.4, -0.2) is 21.1 Å². The minimum Gasteiger partial charge on any atom is -0.507 e. The van der Waals surface area contributed by atoms with Crippen LogP contribution in [0, 0.1) is 0 Å². The van der Waals surface area contributed by atoms with Crippen molar-refractivity contribution in [3.63, 3.8) is 0 Å². The number of carbonyl (C=O) groups excluding carboxylic acids is 1. The maximum Gasteiger partial charge on any atom is 0.299 e. The summed E-state index contributed by atoms with van der Waals surface area (Å²) in [6.45, 7) is 0. The van der Waals surface area contributed by atoms with Gasteiger partial charge in [0.1, 0.15) is 5.75 Å². The topological polar surface area (TPSA) is 98.0 Å². The number of hydrogen-bond donors (Lipinski definition) is 3. The number of rotatable bonds is 2. The van der Waals surface area contributed by atoms with E-state index >= 15 is 0 Å². The van der Waals surface area contributed by atoms with Crippen LogP contribution in [0.25, 0.3) is 10.9 Å². The second-order valence-corrected chi connectivity index (χ2v) is 5.45. The molecule has 0 spiro atoms.